The maximum Gasteiger partial charge on any atom is 0.329 e. The first kappa shape index (κ1) is 13.4. The fourth-order valence-electron chi connectivity index (χ4n) is 1.79. The Hall–Kier alpha value is -2.04. The minimum absolute atomic E-state index is 0.225. The summed E-state index contributed by atoms with van der Waals surface area (Å²) in [7, 11) is 0. The van der Waals surface area contributed by atoms with Crippen molar-refractivity contribution < 1.29 is 19.4 Å². The first-order chi connectivity index (χ1) is 9.12. The lowest BCUT2D eigenvalue weighted by atomic mass is 10.2. The summed E-state index contributed by atoms with van der Waals surface area (Å²) >= 11 is 0. The summed E-state index contributed by atoms with van der Waals surface area (Å²) in [4.78, 5) is 22.5. The normalized spacial score (nSPS) is 15.6. The van der Waals surface area contributed by atoms with Crippen LogP contribution in [0.1, 0.15) is 25.7 Å². The lowest BCUT2D eigenvalue weighted by Crippen LogP contribution is -2.43. The lowest BCUT2D eigenvalue weighted by molar-refractivity contribution is -0.143. The number of carboxylic acid groups (broad SMARTS) is 1. The number of nitrogens with one attached hydrogen (secondary N) is 1. The number of benzene rings is 1. The average Bonchev–Trinajstić information content (AvgIpc) is 3.17. The van der Waals surface area contributed by atoms with Gasteiger partial charge < -0.3 is 15.2 Å². The molecule has 2 N–H and O–H groups in total. The van der Waals surface area contributed by atoms with Crippen LogP contribution in [-0.2, 0) is 9.59 Å². The summed E-state index contributed by atoms with van der Waals surface area (Å²) in [5, 5.41) is 11.5. The van der Waals surface area contributed by atoms with E-state index in [2.05, 4.69) is 5.32 Å². The van der Waals surface area contributed by atoms with E-state index in [0.29, 0.717) is 25.9 Å². The van der Waals surface area contributed by atoms with Crippen molar-refractivity contribution in [2.24, 2.45) is 0 Å². The van der Waals surface area contributed by atoms with E-state index in [-0.39, 0.29) is 12.3 Å². The molecule has 0 radical (unpaired) electrons. The van der Waals surface area contributed by atoms with Gasteiger partial charge in [-0.25, -0.2) is 4.79 Å². The van der Waals surface area contributed by atoms with Crippen LogP contribution in [0.3, 0.4) is 0 Å². The summed E-state index contributed by atoms with van der Waals surface area (Å²) in [6.07, 6.45) is 1.89. The van der Waals surface area contributed by atoms with Crippen LogP contribution in [-0.4, -0.2) is 29.1 Å². The van der Waals surface area contributed by atoms with Crippen LogP contribution in [0.4, 0.5) is 0 Å². The van der Waals surface area contributed by atoms with Crippen LogP contribution >= 0.6 is 0 Å². The van der Waals surface area contributed by atoms with Gasteiger partial charge in [-0.2, -0.15) is 0 Å². The molecule has 1 aromatic carbocycles. The summed E-state index contributed by atoms with van der Waals surface area (Å²) in [5.74, 6) is -0.398. The van der Waals surface area contributed by atoms with Crippen molar-refractivity contribution in [2.75, 3.05) is 6.61 Å². The molecule has 0 spiro atoms. The van der Waals surface area contributed by atoms with Gasteiger partial charge in [0.15, 0.2) is 0 Å². The molecule has 0 atom stereocenters. The number of hydrogen-bond acceptors (Lipinski definition) is 3. The Balaban J connectivity index is 1.64. The number of aliphatic carboxylic acids is 1. The molecule has 5 heteroatoms. The zero-order chi connectivity index (χ0) is 13.7. The van der Waals surface area contributed by atoms with E-state index in [1.807, 2.05) is 30.3 Å². The molecule has 1 amide bonds. The zero-order valence-electron chi connectivity index (χ0n) is 10.6. The van der Waals surface area contributed by atoms with E-state index in [1.54, 1.807) is 0 Å². The third-order valence-electron chi connectivity index (χ3n) is 3.10. The number of hydrogen-bond donors (Lipinski definition) is 2. The molecule has 0 unspecified atom stereocenters. The van der Waals surface area contributed by atoms with Crippen LogP contribution < -0.4 is 10.1 Å². The molecule has 0 saturated heterocycles. The molecule has 2 rings (SSSR count). The second-order valence-electron chi connectivity index (χ2n) is 4.70. The van der Waals surface area contributed by atoms with Crippen molar-refractivity contribution in [1.82, 2.24) is 5.32 Å². The lowest BCUT2D eigenvalue weighted by Gasteiger charge is -2.12. The quantitative estimate of drug-likeness (QED) is 0.732. The summed E-state index contributed by atoms with van der Waals surface area (Å²) in [5.41, 5.74) is -0.989. The topological polar surface area (TPSA) is 75.6 Å². The maximum atomic E-state index is 11.6. The van der Waals surface area contributed by atoms with Gasteiger partial charge in [-0.1, -0.05) is 18.2 Å². The van der Waals surface area contributed by atoms with E-state index in [1.165, 1.54) is 0 Å². The monoisotopic (exact) mass is 263 g/mol. The second kappa shape index (κ2) is 5.73. The van der Waals surface area contributed by atoms with Crippen molar-refractivity contribution in [3.63, 3.8) is 0 Å². The van der Waals surface area contributed by atoms with Crippen LogP contribution in [0.15, 0.2) is 30.3 Å². The summed E-state index contributed by atoms with van der Waals surface area (Å²) in [6, 6.07) is 9.37. The minimum Gasteiger partial charge on any atom is -0.494 e. The van der Waals surface area contributed by atoms with E-state index in [9.17, 15) is 9.59 Å². The van der Waals surface area contributed by atoms with Gasteiger partial charge in [-0.3, -0.25) is 4.79 Å². The van der Waals surface area contributed by atoms with Crippen LogP contribution in [0.5, 0.6) is 5.75 Å². The van der Waals surface area contributed by atoms with E-state index in [0.717, 1.165) is 5.75 Å². The number of carbonyl (C=O) groups excluding carboxylic acids is 1. The predicted molar refractivity (Wildman–Crippen MR) is 68.9 cm³/mol. The SMILES string of the molecule is O=C(CCCOc1ccccc1)NC1(C(=O)O)CC1. The van der Waals surface area contributed by atoms with Crippen molar-refractivity contribution in [3.8, 4) is 5.75 Å². The summed E-state index contributed by atoms with van der Waals surface area (Å²) in [6.45, 7) is 0.442. The molecule has 1 aromatic rings. The smallest absolute Gasteiger partial charge is 0.329 e. The first-order valence-corrected chi connectivity index (χ1v) is 6.35. The Morgan fingerprint density at radius 3 is 2.53 bits per heavy atom. The Kier molecular flexibility index (Phi) is 4.04. The Bertz CT molecular complexity index is 454. The van der Waals surface area contributed by atoms with Gasteiger partial charge in [0.05, 0.1) is 6.61 Å². The fraction of sp³-hybridized carbons (Fsp3) is 0.429. The zero-order valence-corrected chi connectivity index (χ0v) is 10.6. The van der Waals surface area contributed by atoms with E-state index >= 15 is 0 Å². The maximum absolute atomic E-state index is 11.6. The molecular weight excluding hydrogens is 246 g/mol. The third-order valence-corrected chi connectivity index (χ3v) is 3.10. The molecule has 0 bridgehead atoms. The number of amides is 1. The van der Waals surface area contributed by atoms with E-state index in [4.69, 9.17) is 9.84 Å². The molecule has 1 saturated carbocycles. The number of para-hydroxylation sites is 1. The van der Waals surface area contributed by atoms with Crippen molar-refractivity contribution >= 4 is 11.9 Å². The Morgan fingerprint density at radius 1 is 1.26 bits per heavy atom. The molecule has 0 aromatic heterocycles. The summed E-state index contributed by atoms with van der Waals surface area (Å²) < 4.78 is 5.45. The number of rotatable bonds is 7. The van der Waals surface area contributed by atoms with Gasteiger partial charge in [0.2, 0.25) is 5.91 Å². The highest BCUT2D eigenvalue weighted by atomic mass is 16.5. The molecule has 19 heavy (non-hydrogen) atoms. The van der Waals surface area contributed by atoms with Gasteiger partial charge in [-0.05, 0) is 31.4 Å². The molecule has 0 aliphatic heterocycles. The Labute approximate surface area is 111 Å². The largest absolute Gasteiger partial charge is 0.494 e. The van der Waals surface area contributed by atoms with Gasteiger partial charge in [0.1, 0.15) is 11.3 Å². The minimum atomic E-state index is -0.989. The second-order valence-corrected chi connectivity index (χ2v) is 4.70. The molecule has 0 heterocycles. The highest BCUT2D eigenvalue weighted by Gasteiger charge is 2.51. The van der Waals surface area contributed by atoms with Crippen molar-refractivity contribution in [1.29, 1.82) is 0 Å². The standard InChI is InChI=1S/C14H17NO4/c16-12(15-14(8-9-14)13(17)18)7-4-10-19-11-5-2-1-3-6-11/h1-3,5-6H,4,7-10H2,(H,15,16)(H,17,18). The van der Waals surface area contributed by atoms with Crippen molar-refractivity contribution in [2.45, 2.75) is 31.2 Å². The molecule has 102 valence electrons. The number of carbonyl (C=O) groups is 2. The highest BCUT2D eigenvalue weighted by Crippen LogP contribution is 2.35. The van der Waals surface area contributed by atoms with Gasteiger partial charge >= 0.3 is 5.97 Å². The molecular formula is C14H17NO4. The molecule has 1 fully saturated rings. The average molecular weight is 263 g/mol. The fourth-order valence-corrected chi connectivity index (χ4v) is 1.79. The van der Waals surface area contributed by atoms with Gasteiger partial charge in [0.25, 0.3) is 0 Å². The predicted octanol–water partition coefficient (Wildman–Crippen LogP) is 1.58. The van der Waals surface area contributed by atoms with Gasteiger partial charge in [0, 0.05) is 6.42 Å². The van der Waals surface area contributed by atoms with Crippen molar-refractivity contribution in [3.05, 3.63) is 30.3 Å². The first-order valence-electron chi connectivity index (χ1n) is 6.35. The van der Waals surface area contributed by atoms with Crippen LogP contribution in [0, 0.1) is 0 Å². The van der Waals surface area contributed by atoms with Crippen LogP contribution in [0.25, 0.3) is 0 Å². The number of carboxylic acids is 1. The molecule has 5 nitrogen and oxygen atoms in total. The number of ether oxygens (including phenoxy) is 1. The molecule has 1 aliphatic carbocycles. The third kappa shape index (κ3) is 3.71. The Morgan fingerprint density at radius 2 is 1.95 bits per heavy atom. The van der Waals surface area contributed by atoms with Crippen LogP contribution in [0.2, 0.25) is 0 Å². The highest BCUT2D eigenvalue weighted by molar-refractivity contribution is 5.89. The molecule has 1 aliphatic rings. The van der Waals surface area contributed by atoms with Gasteiger partial charge in [-0.15, -0.1) is 0 Å². The van der Waals surface area contributed by atoms with E-state index < -0.39 is 11.5 Å².